The minimum atomic E-state index is -0.850. The van der Waals surface area contributed by atoms with Crippen molar-refractivity contribution in [3.05, 3.63) is 90.5 Å². The van der Waals surface area contributed by atoms with E-state index >= 15 is 0 Å². The number of phenolic OH excluding ortho intramolecular Hbond substituents is 1. The van der Waals surface area contributed by atoms with Crippen LogP contribution in [-0.2, 0) is 14.3 Å². The number of carbonyl (C=O) groups is 2. The van der Waals surface area contributed by atoms with Crippen LogP contribution in [0.3, 0.4) is 0 Å². The van der Waals surface area contributed by atoms with Gasteiger partial charge in [0.05, 0.1) is 24.6 Å². The lowest BCUT2D eigenvalue weighted by Crippen LogP contribution is -2.28. The fourth-order valence-corrected chi connectivity index (χ4v) is 3.66. The van der Waals surface area contributed by atoms with Crippen LogP contribution in [-0.4, -0.2) is 37.4 Å². The second-order valence-electron chi connectivity index (χ2n) is 8.08. The number of phenols is 1. The predicted molar refractivity (Wildman–Crippen MR) is 143 cm³/mol. The summed E-state index contributed by atoms with van der Waals surface area (Å²) in [4.78, 5) is 24.9. The van der Waals surface area contributed by atoms with Crippen molar-refractivity contribution >= 4 is 29.1 Å². The van der Waals surface area contributed by atoms with Gasteiger partial charge in [0.25, 0.3) is 0 Å². The fourth-order valence-electron chi connectivity index (χ4n) is 3.66. The molecule has 0 aliphatic carbocycles. The van der Waals surface area contributed by atoms with E-state index in [-0.39, 0.29) is 11.7 Å². The molecular formula is C28H31N3O6. The minimum Gasteiger partial charge on any atom is -0.504 e. The molecule has 5 N–H and O–H groups in total. The molecule has 0 heterocycles. The number of benzene rings is 3. The van der Waals surface area contributed by atoms with Gasteiger partial charge >= 0.3 is 6.09 Å². The zero-order chi connectivity index (χ0) is 26.6. The van der Waals surface area contributed by atoms with E-state index in [0.29, 0.717) is 41.2 Å². The molecule has 0 saturated carbocycles. The van der Waals surface area contributed by atoms with E-state index in [1.807, 2.05) is 6.07 Å². The van der Waals surface area contributed by atoms with Crippen LogP contribution in [0.25, 0.3) is 0 Å². The van der Waals surface area contributed by atoms with E-state index in [0.717, 1.165) is 0 Å². The van der Waals surface area contributed by atoms with Crippen molar-refractivity contribution in [1.82, 2.24) is 0 Å². The molecule has 0 aliphatic rings. The first-order valence-corrected chi connectivity index (χ1v) is 11.7. The molecule has 0 aromatic heterocycles. The molecule has 9 heteroatoms. The van der Waals surface area contributed by atoms with E-state index in [1.54, 1.807) is 66.7 Å². The van der Waals surface area contributed by atoms with Crippen LogP contribution >= 0.6 is 0 Å². The zero-order valence-corrected chi connectivity index (χ0v) is 20.7. The number of nitrogens with one attached hydrogen (secondary N) is 2. The number of carbonyl (C=O) groups excluding carboxylic acids is 2. The normalized spacial score (nSPS) is 12.5. The summed E-state index contributed by atoms with van der Waals surface area (Å²) in [6.07, 6.45) is 1.89. The minimum absolute atomic E-state index is 0.0938. The van der Waals surface area contributed by atoms with Crippen LogP contribution < -0.4 is 21.1 Å². The predicted octanol–water partition coefficient (Wildman–Crippen LogP) is 5.26. The number of amides is 2. The highest BCUT2D eigenvalue weighted by Gasteiger charge is 2.28. The van der Waals surface area contributed by atoms with Crippen LogP contribution in [0.2, 0.25) is 0 Å². The van der Waals surface area contributed by atoms with Crippen molar-refractivity contribution in [3.8, 4) is 11.5 Å². The number of hydrogen-bond donors (Lipinski definition) is 4. The van der Waals surface area contributed by atoms with E-state index in [1.165, 1.54) is 26.4 Å². The largest absolute Gasteiger partial charge is 0.504 e. The van der Waals surface area contributed by atoms with E-state index in [4.69, 9.17) is 19.9 Å². The molecule has 3 aromatic rings. The lowest BCUT2D eigenvalue weighted by Gasteiger charge is -2.26. The summed E-state index contributed by atoms with van der Waals surface area (Å²) < 4.78 is 16.5. The van der Waals surface area contributed by atoms with Gasteiger partial charge in [-0.1, -0.05) is 42.5 Å². The Kier molecular flexibility index (Phi) is 9.92. The first-order chi connectivity index (χ1) is 17.9. The highest BCUT2D eigenvalue weighted by atomic mass is 16.6. The number of nitrogens with two attached hydrogens (primary N) is 1. The second kappa shape index (κ2) is 13.6. The Morgan fingerprint density at radius 2 is 1.73 bits per heavy atom. The SMILES string of the molecule is COc1ccc([C@@H](OC(=O)Nc2ccccc2)[C@@H](CC/C=C/C(=O)Nc2ccccc2N)OC)cc1O. The molecule has 0 saturated heterocycles. The first-order valence-electron chi connectivity index (χ1n) is 11.7. The van der Waals surface area contributed by atoms with E-state index < -0.39 is 18.3 Å². The number of ether oxygens (including phenoxy) is 3. The van der Waals surface area contributed by atoms with E-state index in [2.05, 4.69) is 10.6 Å². The summed E-state index contributed by atoms with van der Waals surface area (Å²) in [6.45, 7) is 0. The smallest absolute Gasteiger partial charge is 0.412 e. The van der Waals surface area contributed by atoms with Crippen LogP contribution in [0.1, 0.15) is 24.5 Å². The molecule has 0 unspecified atom stereocenters. The van der Waals surface area contributed by atoms with Gasteiger partial charge < -0.3 is 30.4 Å². The molecule has 0 spiro atoms. The Morgan fingerprint density at radius 3 is 2.41 bits per heavy atom. The van der Waals surface area contributed by atoms with Gasteiger partial charge in [0.15, 0.2) is 17.6 Å². The zero-order valence-electron chi connectivity index (χ0n) is 20.7. The first kappa shape index (κ1) is 27.1. The third-order valence-electron chi connectivity index (χ3n) is 5.53. The monoisotopic (exact) mass is 505 g/mol. The summed E-state index contributed by atoms with van der Waals surface area (Å²) in [5, 5.41) is 15.7. The maximum atomic E-state index is 12.7. The van der Waals surface area contributed by atoms with Crippen molar-refractivity contribution in [2.45, 2.75) is 25.0 Å². The van der Waals surface area contributed by atoms with Crippen LogP contribution in [0.15, 0.2) is 84.9 Å². The summed E-state index contributed by atoms with van der Waals surface area (Å²) >= 11 is 0. The molecule has 3 rings (SSSR count). The number of anilines is 3. The van der Waals surface area contributed by atoms with Gasteiger partial charge in [0, 0.05) is 12.8 Å². The second-order valence-corrected chi connectivity index (χ2v) is 8.08. The van der Waals surface area contributed by atoms with Crippen molar-refractivity contribution in [3.63, 3.8) is 0 Å². The van der Waals surface area contributed by atoms with E-state index in [9.17, 15) is 14.7 Å². The summed E-state index contributed by atoms with van der Waals surface area (Å²) in [7, 11) is 2.96. The molecule has 0 aliphatic heterocycles. The van der Waals surface area contributed by atoms with Crippen LogP contribution in [0.4, 0.5) is 21.9 Å². The molecule has 0 bridgehead atoms. The van der Waals surface area contributed by atoms with Gasteiger partial charge in [-0.3, -0.25) is 10.1 Å². The molecule has 0 radical (unpaired) electrons. The quantitative estimate of drug-likeness (QED) is 0.206. The lowest BCUT2D eigenvalue weighted by atomic mass is 9.99. The molecular weight excluding hydrogens is 474 g/mol. The fraction of sp³-hybridized carbons (Fsp3) is 0.214. The van der Waals surface area contributed by atoms with Crippen molar-refractivity contribution in [1.29, 1.82) is 0 Å². The molecule has 3 aromatic carbocycles. The highest BCUT2D eigenvalue weighted by molar-refractivity contribution is 6.01. The third kappa shape index (κ3) is 8.01. The Labute approximate surface area is 215 Å². The molecule has 2 atom stereocenters. The number of aromatic hydroxyl groups is 1. The highest BCUT2D eigenvalue weighted by Crippen LogP contribution is 2.33. The van der Waals surface area contributed by atoms with Gasteiger partial charge in [-0.15, -0.1) is 0 Å². The van der Waals surface area contributed by atoms with Crippen molar-refractivity contribution in [2.24, 2.45) is 0 Å². The number of hydrogen-bond acceptors (Lipinski definition) is 7. The van der Waals surface area contributed by atoms with Gasteiger partial charge in [-0.05, 0) is 60.9 Å². The Hall–Kier alpha value is -4.50. The van der Waals surface area contributed by atoms with Crippen LogP contribution in [0, 0.1) is 0 Å². The summed E-state index contributed by atoms with van der Waals surface area (Å²) in [5.41, 5.74) is 7.96. The average Bonchev–Trinajstić information content (AvgIpc) is 2.89. The third-order valence-corrected chi connectivity index (χ3v) is 5.53. The topological polar surface area (TPSA) is 132 Å². The van der Waals surface area contributed by atoms with Crippen molar-refractivity contribution in [2.75, 3.05) is 30.6 Å². The molecule has 37 heavy (non-hydrogen) atoms. The van der Waals surface area contributed by atoms with Gasteiger partial charge in [-0.25, -0.2) is 4.79 Å². The molecule has 194 valence electrons. The summed E-state index contributed by atoms with van der Waals surface area (Å²) in [5.74, 6) is -0.121. The molecule has 0 fully saturated rings. The number of methoxy groups -OCH3 is 2. The van der Waals surface area contributed by atoms with Gasteiger partial charge in [0.1, 0.15) is 0 Å². The number of rotatable bonds is 11. The number of para-hydroxylation sites is 3. The Bertz CT molecular complexity index is 1220. The average molecular weight is 506 g/mol. The van der Waals surface area contributed by atoms with Crippen LogP contribution in [0.5, 0.6) is 11.5 Å². The molecule has 2 amide bonds. The summed E-state index contributed by atoms with van der Waals surface area (Å²) in [6, 6.07) is 20.6. The Balaban J connectivity index is 1.69. The molecule has 9 nitrogen and oxygen atoms in total. The Morgan fingerprint density at radius 1 is 1.00 bits per heavy atom. The lowest BCUT2D eigenvalue weighted by molar-refractivity contribution is -0.111. The maximum absolute atomic E-state index is 12.7. The van der Waals surface area contributed by atoms with Gasteiger partial charge in [0.2, 0.25) is 5.91 Å². The van der Waals surface area contributed by atoms with Crippen molar-refractivity contribution < 1.29 is 28.9 Å². The standard InChI is InChI=1S/C28H31N3O6/c1-35-24-17-16-19(18-23(24)32)27(37-28(34)30-20-10-4-3-5-11-20)25(36-2)14-8-9-15-26(33)31-22-13-7-6-12-21(22)29/h3-7,9-13,15-18,25,27,32H,8,14,29H2,1-2H3,(H,30,34)(H,31,33)/b15-9+/t25-,27-/m1/s1. The maximum Gasteiger partial charge on any atom is 0.412 e. The van der Waals surface area contributed by atoms with Gasteiger partial charge in [-0.2, -0.15) is 0 Å². The number of allylic oxidation sites excluding steroid dienone is 1. The number of nitrogen functional groups attached to an aromatic ring is 1.